The molecule has 58 heavy (non-hydrogen) atoms. The van der Waals surface area contributed by atoms with Crippen LogP contribution in [0.3, 0.4) is 0 Å². The number of allylic oxidation sites excluding steroid dienone is 5. The van der Waals surface area contributed by atoms with E-state index >= 15 is 0 Å². The Morgan fingerprint density at radius 3 is 1.74 bits per heavy atom. The number of carbonyl (C=O) groups is 1. The van der Waals surface area contributed by atoms with E-state index in [2.05, 4.69) is 171 Å². The highest BCUT2D eigenvalue weighted by Crippen LogP contribution is 2.41. The zero-order valence-electron chi connectivity index (χ0n) is 40.5. The summed E-state index contributed by atoms with van der Waals surface area (Å²) in [6, 6.07) is 10.6. The van der Waals surface area contributed by atoms with Crippen molar-refractivity contribution in [2.75, 3.05) is 6.61 Å². The number of rotatable bonds is 25. The first-order valence-corrected chi connectivity index (χ1v) is 30.7. The summed E-state index contributed by atoms with van der Waals surface area (Å²) < 4.78 is 27.6. The molecule has 1 aromatic carbocycles. The van der Waals surface area contributed by atoms with Crippen molar-refractivity contribution in [3.8, 4) is 0 Å². The molecule has 1 rings (SSSR count). The van der Waals surface area contributed by atoms with E-state index in [1.54, 1.807) is 6.08 Å². The Hall–Kier alpha value is -2.08. The molecule has 0 radical (unpaired) electrons. The average Bonchev–Trinajstić information content (AvgIpc) is 3.07. The van der Waals surface area contributed by atoms with Crippen LogP contribution in [0.4, 0.5) is 0 Å². The summed E-state index contributed by atoms with van der Waals surface area (Å²) in [6.45, 7) is 47.2. The Balaban J connectivity index is 3.67. The van der Waals surface area contributed by atoms with Crippen molar-refractivity contribution < 1.29 is 22.8 Å². The van der Waals surface area contributed by atoms with Crippen LogP contribution in [-0.2, 0) is 29.2 Å². The molecule has 3 atom stereocenters. The molecule has 330 valence electrons. The fraction of sp³-hybridized carbons (Fsp3) is 0.660. The first-order chi connectivity index (χ1) is 26.5. The molecule has 0 aliphatic rings. The highest BCUT2D eigenvalue weighted by Gasteiger charge is 2.42. The summed E-state index contributed by atoms with van der Waals surface area (Å²) in [5.41, 5.74) is 4.89. The number of hydrogen-bond donors (Lipinski definition) is 0. The van der Waals surface area contributed by atoms with Gasteiger partial charge in [-0.1, -0.05) is 134 Å². The van der Waals surface area contributed by atoms with E-state index < -0.39 is 31.1 Å². The molecular formula is C50H88O5Si3. The van der Waals surface area contributed by atoms with E-state index in [4.69, 9.17) is 18.0 Å². The van der Waals surface area contributed by atoms with Crippen LogP contribution >= 0.6 is 0 Å². The molecular weight excluding hydrogens is 765 g/mol. The second kappa shape index (κ2) is 23.8. The van der Waals surface area contributed by atoms with Crippen LogP contribution < -0.4 is 0 Å². The highest BCUT2D eigenvalue weighted by molar-refractivity contribution is 6.75. The zero-order chi connectivity index (χ0) is 44.6. The van der Waals surface area contributed by atoms with Crippen molar-refractivity contribution in [3.63, 3.8) is 0 Å². The second-order valence-corrected chi connectivity index (χ2v) is 35.6. The van der Waals surface area contributed by atoms with E-state index in [0.717, 1.165) is 37.7 Å². The van der Waals surface area contributed by atoms with E-state index in [9.17, 15) is 4.79 Å². The molecule has 0 fully saturated rings. The van der Waals surface area contributed by atoms with Crippen molar-refractivity contribution in [2.45, 2.75) is 207 Å². The van der Waals surface area contributed by atoms with Crippen LogP contribution in [-0.4, -0.2) is 55.8 Å². The number of esters is 1. The Morgan fingerprint density at radius 1 is 0.690 bits per heavy atom. The van der Waals surface area contributed by atoms with Crippen LogP contribution in [0.2, 0.25) is 54.4 Å². The third kappa shape index (κ3) is 20.0. The maximum Gasteiger partial charge on any atom is 0.330 e. The smallest absolute Gasteiger partial charge is 0.330 e. The number of carbonyl (C=O) groups excluding carboxylic acids is 1. The molecule has 0 aliphatic heterocycles. The van der Waals surface area contributed by atoms with Gasteiger partial charge < -0.3 is 18.0 Å². The molecule has 0 heterocycles. The molecule has 0 unspecified atom stereocenters. The molecule has 0 N–H and O–H groups in total. The summed E-state index contributed by atoms with van der Waals surface area (Å²) in [6.07, 6.45) is 16.2. The molecule has 0 spiro atoms. The first kappa shape index (κ1) is 53.9. The van der Waals surface area contributed by atoms with Crippen LogP contribution in [0.5, 0.6) is 0 Å². The average molecular weight is 854 g/mol. The Kier molecular flexibility index (Phi) is 22.1. The van der Waals surface area contributed by atoms with Crippen molar-refractivity contribution in [2.24, 2.45) is 0 Å². The van der Waals surface area contributed by atoms with E-state index in [1.165, 1.54) is 16.7 Å². The Bertz CT molecular complexity index is 1500. The molecule has 8 heteroatoms. The largest absolute Gasteiger partial charge is 0.459 e. The Morgan fingerprint density at radius 2 is 1.22 bits per heavy atom. The molecule has 0 aromatic heterocycles. The minimum absolute atomic E-state index is 0.0303. The SMILES string of the molecule is C=CC/C=C(\C)C[C@H](C[C@H](C[C@@H](CC/C(C)=C/Cc1ccccc1)O[Si](C)(C)C(C)(C)C)OC(=O)/C=C(\CC=C)CCO[Si](C)(C)C(C)(C)C)O[Si](C)(C)C(C)(C)C. The van der Waals surface area contributed by atoms with Gasteiger partial charge in [-0.15, -0.1) is 13.2 Å². The second-order valence-electron chi connectivity index (χ2n) is 21.2. The van der Waals surface area contributed by atoms with Gasteiger partial charge in [0.1, 0.15) is 6.10 Å². The Labute approximate surface area is 361 Å². The lowest BCUT2D eigenvalue weighted by molar-refractivity contribution is -0.145. The van der Waals surface area contributed by atoms with E-state index in [0.29, 0.717) is 32.3 Å². The molecule has 1 aromatic rings. The molecule has 0 saturated carbocycles. The van der Waals surface area contributed by atoms with E-state index in [-0.39, 0.29) is 33.3 Å². The monoisotopic (exact) mass is 853 g/mol. The van der Waals surface area contributed by atoms with Crippen LogP contribution in [0.25, 0.3) is 0 Å². The maximum absolute atomic E-state index is 14.1. The van der Waals surface area contributed by atoms with Crippen molar-refractivity contribution >= 4 is 30.9 Å². The number of ether oxygens (including phenoxy) is 1. The van der Waals surface area contributed by atoms with Gasteiger partial charge in [0.15, 0.2) is 25.0 Å². The van der Waals surface area contributed by atoms with Gasteiger partial charge in [-0.3, -0.25) is 0 Å². The van der Waals surface area contributed by atoms with Gasteiger partial charge in [0.05, 0.1) is 6.10 Å². The molecule has 5 nitrogen and oxygen atoms in total. The number of hydrogen-bond acceptors (Lipinski definition) is 5. The van der Waals surface area contributed by atoms with E-state index in [1.807, 2.05) is 12.2 Å². The zero-order valence-corrected chi connectivity index (χ0v) is 43.5. The quantitative estimate of drug-likeness (QED) is 0.0424. The summed E-state index contributed by atoms with van der Waals surface area (Å²) in [4.78, 5) is 14.1. The minimum atomic E-state index is -2.18. The van der Waals surface area contributed by atoms with Gasteiger partial charge in [0, 0.05) is 31.6 Å². The van der Waals surface area contributed by atoms with Gasteiger partial charge in [0.2, 0.25) is 0 Å². The van der Waals surface area contributed by atoms with Crippen molar-refractivity contribution in [1.82, 2.24) is 0 Å². The molecule has 0 amide bonds. The lowest BCUT2D eigenvalue weighted by Crippen LogP contribution is -2.46. The third-order valence-electron chi connectivity index (χ3n) is 12.9. The van der Waals surface area contributed by atoms with Gasteiger partial charge in [0.25, 0.3) is 0 Å². The number of benzene rings is 1. The normalized spacial score (nSPS) is 15.8. The van der Waals surface area contributed by atoms with Crippen LogP contribution in [0, 0.1) is 0 Å². The first-order valence-electron chi connectivity index (χ1n) is 22.0. The topological polar surface area (TPSA) is 54.0 Å². The van der Waals surface area contributed by atoms with Crippen molar-refractivity contribution in [1.29, 1.82) is 0 Å². The summed E-state index contributed by atoms with van der Waals surface area (Å²) in [7, 11) is -6.29. The van der Waals surface area contributed by atoms with Gasteiger partial charge in [-0.25, -0.2) is 4.79 Å². The van der Waals surface area contributed by atoms with Gasteiger partial charge in [-0.2, -0.15) is 0 Å². The summed E-state index contributed by atoms with van der Waals surface area (Å²) >= 11 is 0. The lowest BCUT2D eigenvalue weighted by atomic mass is 9.97. The summed E-state index contributed by atoms with van der Waals surface area (Å²) in [5, 5.41) is 0.178. The maximum atomic E-state index is 14.1. The van der Waals surface area contributed by atoms with Crippen molar-refractivity contribution in [3.05, 3.63) is 96.2 Å². The highest BCUT2D eigenvalue weighted by atomic mass is 28.4. The van der Waals surface area contributed by atoms with Crippen LogP contribution in [0.1, 0.15) is 133 Å². The molecule has 0 bridgehead atoms. The standard InChI is InChI=1S/C50H88O5Si3/c1-20-22-27-41(4)36-46(55-58(18,19)50(11,12)13)39-45(53-47(51)37-43(26-21-2)34-35-52-56(14,15)48(5,6)7)38-44(54-57(16,17)49(8,9)10)33-31-40(3)30-32-42-28-24-23-25-29-42/h20-21,23-25,27-30,37,44-46H,1-2,22,26,31-36,38-39H2,3-19H3/b40-30+,41-27+,43-37+/t44-,45+,46-/m1/s1. The van der Waals surface area contributed by atoms with Crippen LogP contribution in [0.15, 0.2) is 90.6 Å². The third-order valence-corrected chi connectivity index (χ3v) is 26.5. The fourth-order valence-electron chi connectivity index (χ4n) is 5.92. The predicted molar refractivity (Wildman–Crippen MR) is 260 cm³/mol. The fourth-order valence-corrected chi connectivity index (χ4v) is 9.74. The van der Waals surface area contributed by atoms with Gasteiger partial charge in [-0.05, 0) is 119 Å². The molecule has 0 aliphatic carbocycles. The molecule has 0 saturated heterocycles. The minimum Gasteiger partial charge on any atom is -0.459 e. The predicted octanol–water partition coefficient (Wildman–Crippen LogP) is 15.3. The summed E-state index contributed by atoms with van der Waals surface area (Å²) in [5.74, 6) is -0.316. The van der Waals surface area contributed by atoms with Gasteiger partial charge >= 0.3 is 5.97 Å². The lowest BCUT2D eigenvalue weighted by Gasteiger charge is -2.41.